The van der Waals surface area contributed by atoms with Crippen LogP contribution in [0.4, 0.5) is 0 Å². The van der Waals surface area contributed by atoms with Crippen molar-refractivity contribution in [1.29, 1.82) is 0 Å². The highest BCUT2D eigenvalue weighted by atomic mass is 32.2. The van der Waals surface area contributed by atoms with Gasteiger partial charge in [-0.15, -0.1) is 0 Å². The first-order valence-electron chi connectivity index (χ1n) is 6.19. The predicted molar refractivity (Wildman–Crippen MR) is 73.2 cm³/mol. The van der Waals surface area contributed by atoms with Crippen LogP contribution in [0.1, 0.15) is 32.1 Å². The molecule has 92 valence electrons. The Labute approximate surface area is 108 Å². The van der Waals surface area contributed by atoms with Crippen molar-refractivity contribution in [3.05, 3.63) is 0 Å². The van der Waals surface area contributed by atoms with E-state index in [1.807, 2.05) is 11.8 Å². The van der Waals surface area contributed by atoms with Crippen LogP contribution in [0.2, 0.25) is 0 Å². The summed E-state index contributed by atoms with van der Waals surface area (Å²) in [5.74, 6) is 4.35. The fraction of sp³-hybridized carbons (Fsp3) is 0.917. The molecule has 0 radical (unpaired) electrons. The van der Waals surface area contributed by atoms with Gasteiger partial charge in [0.1, 0.15) is 0 Å². The summed E-state index contributed by atoms with van der Waals surface area (Å²) in [6, 6.07) is 0. The van der Waals surface area contributed by atoms with Crippen molar-refractivity contribution in [3.8, 4) is 0 Å². The number of thiol groups is 1. The van der Waals surface area contributed by atoms with Gasteiger partial charge in [0.25, 0.3) is 0 Å². The van der Waals surface area contributed by atoms with E-state index in [2.05, 4.69) is 17.9 Å². The molecule has 1 saturated heterocycles. The number of amides is 1. The largest absolute Gasteiger partial charge is 0.356 e. The summed E-state index contributed by atoms with van der Waals surface area (Å²) in [6.07, 6.45) is 5.59. The fourth-order valence-corrected chi connectivity index (χ4v) is 3.81. The normalized spacial score (nSPS) is 24.1. The van der Waals surface area contributed by atoms with E-state index in [9.17, 15) is 4.79 Å². The second kappa shape index (κ2) is 5.67. The lowest BCUT2D eigenvalue weighted by Crippen LogP contribution is -2.32. The summed E-state index contributed by atoms with van der Waals surface area (Å²) in [6.45, 7) is 0.891. The van der Waals surface area contributed by atoms with E-state index in [4.69, 9.17) is 0 Å². The number of thioether (sulfide) groups is 1. The van der Waals surface area contributed by atoms with Crippen LogP contribution in [0.5, 0.6) is 0 Å². The Morgan fingerprint density at radius 2 is 2.06 bits per heavy atom. The Hall–Kier alpha value is 0.170. The third-order valence-corrected chi connectivity index (χ3v) is 5.48. The minimum Gasteiger partial charge on any atom is -0.356 e. The Bertz CT molecular complexity index is 247. The number of rotatable bonds is 5. The zero-order chi connectivity index (χ0) is 11.4. The number of hydrogen-bond acceptors (Lipinski definition) is 3. The van der Waals surface area contributed by atoms with E-state index in [1.54, 1.807) is 0 Å². The van der Waals surface area contributed by atoms with Gasteiger partial charge in [0.15, 0.2) is 0 Å². The highest BCUT2D eigenvalue weighted by Gasteiger charge is 2.42. The van der Waals surface area contributed by atoms with E-state index in [1.165, 1.54) is 37.2 Å². The molecule has 2 aliphatic rings. The Morgan fingerprint density at radius 3 is 2.62 bits per heavy atom. The first kappa shape index (κ1) is 12.6. The Balaban J connectivity index is 1.63. The second-order valence-corrected chi connectivity index (χ2v) is 6.74. The van der Waals surface area contributed by atoms with Crippen LogP contribution in [0.3, 0.4) is 0 Å². The summed E-state index contributed by atoms with van der Waals surface area (Å²) < 4.78 is 0. The number of carbonyl (C=O) groups excluding carboxylic acids is 1. The highest BCUT2D eigenvalue weighted by molar-refractivity contribution is 7.99. The molecule has 0 bridgehead atoms. The van der Waals surface area contributed by atoms with Crippen molar-refractivity contribution in [1.82, 2.24) is 5.32 Å². The van der Waals surface area contributed by atoms with Crippen LogP contribution in [-0.4, -0.2) is 29.7 Å². The number of hydrogen-bond donors (Lipinski definition) is 2. The molecule has 0 atom stereocenters. The first-order chi connectivity index (χ1) is 7.74. The van der Waals surface area contributed by atoms with E-state index >= 15 is 0 Å². The average Bonchev–Trinajstić information content (AvgIpc) is 3.08. The molecule has 0 spiro atoms. The lowest BCUT2D eigenvalue weighted by atomic mass is 10.0. The molecule has 0 aromatic rings. The smallest absolute Gasteiger partial charge is 0.220 e. The van der Waals surface area contributed by atoms with E-state index in [-0.39, 0.29) is 11.3 Å². The summed E-state index contributed by atoms with van der Waals surface area (Å²) >= 11 is 6.36. The van der Waals surface area contributed by atoms with E-state index in [0.717, 1.165) is 18.2 Å². The molecule has 0 unspecified atom stereocenters. The maximum atomic E-state index is 11.7. The van der Waals surface area contributed by atoms with Gasteiger partial charge in [-0.3, -0.25) is 4.79 Å². The molecule has 2 rings (SSSR count). The van der Waals surface area contributed by atoms with Gasteiger partial charge in [-0.1, -0.05) is 0 Å². The van der Waals surface area contributed by atoms with Crippen LogP contribution >= 0.6 is 24.4 Å². The van der Waals surface area contributed by atoms with Crippen molar-refractivity contribution in [2.24, 2.45) is 11.3 Å². The van der Waals surface area contributed by atoms with Gasteiger partial charge < -0.3 is 5.32 Å². The Morgan fingerprint density at radius 1 is 1.38 bits per heavy atom. The van der Waals surface area contributed by atoms with Crippen molar-refractivity contribution < 1.29 is 4.79 Å². The standard InChI is InChI=1S/C12H21NOS2/c14-11(7-12(9-15)3-4-12)13-8-10-1-5-16-6-2-10/h10,15H,1-9H2,(H,13,14). The number of nitrogens with one attached hydrogen (secondary N) is 1. The summed E-state index contributed by atoms with van der Waals surface area (Å²) in [4.78, 5) is 11.7. The monoisotopic (exact) mass is 259 g/mol. The van der Waals surface area contributed by atoms with Gasteiger partial charge in [0, 0.05) is 13.0 Å². The molecular formula is C12H21NOS2. The van der Waals surface area contributed by atoms with Crippen LogP contribution < -0.4 is 5.32 Å². The van der Waals surface area contributed by atoms with Gasteiger partial charge in [0.2, 0.25) is 5.91 Å². The zero-order valence-corrected chi connectivity index (χ0v) is 11.4. The van der Waals surface area contributed by atoms with Gasteiger partial charge >= 0.3 is 0 Å². The minimum atomic E-state index is 0.241. The van der Waals surface area contributed by atoms with E-state index in [0.29, 0.717) is 6.42 Å². The molecule has 16 heavy (non-hydrogen) atoms. The second-order valence-electron chi connectivity index (χ2n) is 5.19. The van der Waals surface area contributed by atoms with Crippen molar-refractivity contribution in [3.63, 3.8) is 0 Å². The first-order valence-corrected chi connectivity index (χ1v) is 7.98. The van der Waals surface area contributed by atoms with Crippen LogP contribution in [0.25, 0.3) is 0 Å². The van der Waals surface area contributed by atoms with Crippen LogP contribution in [-0.2, 0) is 4.79 Å². The predicted octanol–water partition coefficient (Wildman–Crippen LogP) is 2.35. The molecule has 2 nitrogen and oxygen atoms in total. The molecule has 1 saturated carbocycles. The molecule has 0 aromatic carbocycles. The quantitative estimate of drug-likeness (QED) is 0.742. The third-order valence-electron chi connectivity index (χ3n) is 3.76. The zero-order valence-electron chi connectivity index (χ0n) is 9.71. The fourth-order valence-electron chi connectivity index (χ4n) is 2.18. The lowest BCUT2D eigenvalue weighted by Gasteiger charge is -2.22. The molecule has 0 aromatic heterocycles. The molecule has 1 amide bonds. The molecular weight excluding hydrogens is 238 g/mol. The minimum absolute atomic E-state index is 0.241. The maximum absolute atomic E-state index is 11.7. The van der Waals surface area contributed by atoms with Gasteiger partial charge in [0.05, 0.1) is 0 Å². The van der Waals surface area contributed by atoms with Crippen LogP contribution in [0.15, 0.2) is 0 Å². The molecule has 1 heterocycles. The highest BCUT2D eigenvalue weighted by Crippen LogP contribution is 2.49. The molecule has 1 aliphatic carbocycles. The summed E-state index contributed by atoms with van der Waals surface area (Å²) in [5, 5.41) is 3.10. The Kier molecular flexibility index (Phi) is 4.48. The topological polar surface area (TPSA) is 29.1 Å². The van der Waals surface area contributed by atoms with Crippen molar-refractivity contribution >= 4 is 30.3 Å². The third kappa shape index (κ3) is 3.59. The lowest BCUT2D eigenvalue weighted by molar-refractivity contribution is -0.122. The molecule has 1 aliphatic heterocycles. The molecule has 4 heteroatoms. The summed E-state index contributed by atoms with van der Waals surface area (Å²) in [7, 11) is 0. The van der Waals surface area contributed by atoms with Gasteiger partial charge in [-0.25, -0.2) is 0 Å². The number of carbonyl (C=O) groups is 1. The average molecular weight is 259 g/mol. The van der Waals surface area contributed by atoms with Crippen molar-refractivity contribution in [2.75, 3.05) is 23.8 Å². The molecule has 1 N–H and O–H groups in total. The van der Waals surface area contributed by atoms with E-state index < -0.39 is 0 Å². The maximum Gasteiger partial charge on any atom is 0.220 e. The molecule has 2 fully saturated rings. The van der Waals surface area contributed by atoms with Gasteiger partial charge in [-0.2, -0.15) is 24.4 Å². The van der Waals surface area contributed by atoms with Crippen LogP contribution in [0, 0.1) is 11.3 Å². The summed E-state index contributed by atoms with van der Waals surface area (Å²) in [5.41, 5.74) is 0.260. The SMILES string of the molecule is O=C(CC1(CS)CC1)NCC1CCSCC1. The van der Waals surface area contributed by atoms with Crippen molar-refractivity contribution in [2.45, 2.75) is 32.1 Å². The van der Waals surface area contributed by atoms with Gasteiger partial charge in [-0.05, 0) is 54.3 Å².